The van der Waals surface area contributed by atoms with E-state index in [1.165, 1.54) is 11.3 Å². The van der Waals surface area contributed by atoms with E-state index < -0.39 is 0 Å². The summed E-state index contributed by atoms with van der Waals surface area (Å²) in [4.78, 5) is 16.8. The molecule has 0 unspecified atom stereocenters. The zero-order valence-corrected chi connectivity index (χ0v) is 15.3. The Balaban J connectivity index is 1.48. The van der Waals surface area contributed by atoms with Gasteiger partial charge in [0, 0.05) is 20.8 Å². The van der Waals surface area contributed by atoms with Crippen LogP contribution in [-0.4, -0.2) is 16.0 Å². The van der Waals surface area contributed by atoms with Crippen molar-refractivity contribution < 1.29 is 9.32 Å². The summed E-state index contributed by atoms with van der Waals surface area (Å²) in [5, 5.41) is 10.1. The van der Waals surface area contributed by atoms with Gasteiger partial charge in [-0.05, 0) is 24.3 Å². The van der Waals surface area contributed by atoms with Gasteiger partial charge in [-0.1, -0.05) is 45.4 Å². The summed E-state index contributed by atoms with van der Waals surface area (Å²) >= 11 is 4.84. The molecule has 0 saturated heterocycles. The summed E-state index contributed by atoms with van der Waals surface area (Å²) in [6.07, 6.45) is 0.142. The molecule has 0 fully saturated rings. The molecule has 0 saturated carbocycles. The topological polar surface area (TPSA) is 68.0 Å². The molecule has 0 radical (unpaired) electrons. The van der Waals surface area contributed by atoms with Gasteiger partial charge >= 0.3 is 0 Å². The third-order valence-electron chi connectivity index (χ3n) is 3.65. The molecular weight excluding hydrogens is 402 g/mol. The highest BCUT2D eigenvalue weighted by Gasteiger charge is 2.14. The predicted octanol–water partition coefficient (Wildman–Crippen LogP) is 4.90. The molecular formula is C18H12BrN3O2S. The van der Waals surface area contributed by atoms with Gasteiger partial charge in [0.2, 0.25) is 5.91 Å². The molecule has 7 heteroatoms. The van der Waals surface area contributed by atoms with Crippen LogP contribution in [0.5, 0.6) is 0 Å². The second kappa shape index (κ2) is 6.78. The quantitative estimate of drug-likeness (QED) is 0.516. The van der Waals surface area contributed by atoms with Crippen LogP contribution in [0.3, 0.4) is 0 Å². The second-order valence-corrected chi connectivity index (χ2v) is 7.17. The van der Waals surface area contributed by atoms with Crippen molar-refractivity contribution in [3.05, 3.63) is 64.1 Å². The molecule has 0 bridgehead atoms. The molecule has 25 heavy (non-hydrogen) atoms. The number of benzene rings is 2. The van der Waals surface area contributed by atoms with Crippen LogP contribution in [0.4, 0.5) is 5.13 Å². The van der Waals surface area contributed by atoms with Gasteiger partial charge in [0.25, 0.3) is 0 Å². The number of para-hydroxylation sites is 1. The molecule has 124 valence electrons. The van der Waals surface area contributed by atoms with Crippen LogP contribution in [0.25, 0.3) is 22.2 Å². The number of hydrogen-bond donors (Lipinski definition) is 1. The fourth-order valence-corrected chi connectivity index (χ4v) is 3.63. The molecule has 0 atom stereocenters. The summed E-state index contributed by atoms with van der Waals surface area (Å²) in [6.45, 7) is 0. The number of halogens is 1. The fourth-order valence-electron chi connectivity index (χ4n) is 2.49. The summed E-state index contributed by atoms with van der Waals surface area (Å²) in [5.74, 6) is -0.172. The van der Waals surface area contributed by atoms with Crippen molar-refractivity contribution in [2.24, 2.45) is 0 Å². The lowest BCUT2D eigenvalue weighted by Gasteiger charge is -2.00. The van der Waals surface area contributed by atoms with Crippen LogP contribution in [0.15, 0.2) is 62.9 Å². The van der Waals surface area contributed by atoms with Crippen molar-refractivity contribution in [3.63, 3.8) is 0 Å². The van der Waals surface area contributed by atoms with Crippen molar-refractivity contribution in [1.82, 2.24) is 10.1 Å². The molecule has 1 amide bonds. The second-order valence-electron chi connectivity index (χ2n) is 5.40. The van der Waals surface area contributed by atoms with Gasteiger partial charge in [0.15, 0.2) is 10.7 Å². The standard InChI is InChI=1S/C18H12BrN3O2S/c19-12-5-3-4-11(8-12)15-10-25-18(20-15)21-17(23)9-14-13-6-1-2-7-16(13)24-22-14/h1-8,10H,9H2,(H,20,21,23). The third-order valence-corrected chi connectivity index (χ3v) is 4.90. The Kier molecular flexibility index (Phi) is 4.33. The number of anilines is 1. The average Bonchev–Trinajstić information content (AvgIpc) is 3.23. The van der Waals surface area contributed by atoms with E-state index in [9.17, 15) is 4.79 Å². The van der Waals surface area contributed by atoms with E-state index in [1.54, 1.807) is 0 Å². The van der Waals surface area contributed by atoms with Crippen LogP contribution >= 0.6 is 27.3 Å². The number of carbonyl (C=O) groups is 1. The highest BCUT2D eigenvalue weighted by molar-refractivity contribution is 9.10. The van der Waals surface area contributed by atoms with Gasteiger partial charge in [-0.3, -0.25) is 4.79 Å². The van der Waals surface area contributed by atoms with Gasteiger partial charge in [-0.2, -0.15) is 0 Å². The maximum absolute atomic E-state index is 12.3. The Bertz CT molecular complexity index is 1060. The molecule has 0 spiro atoms. The van der Waals surface area contributed by atoms with E-state index in [4.69, 9.17) is 4.52 Å². The fraction of sp³-hybridized carbons (Fsp3) is 0.0556. The summed E-state index contributed by atoms with van der Waals surface area (Å²) in [7, 11) is 0. The Hall–Kier alpha value is -2.51. The Morgan fingerprint density at radius 1 is 1.20 bits per heavy atom. The molecule has 4 aromatic rings. The Morgan fingerprint density at radius 2 is 2.08 bits per heavy atom. The van der Waals surface area contributed by atoms with E-state index in [0.29, 0.717) is 16.4 Å². The van der Waals surface area contributed by atoms with E-state index in [-0.39, 0.29) is 12.3 Å². The smallest absolute Gasteiger partial charge is 0.232 e. The van der Waals surface area contributed by atoms with E-state index in [2.05, 4.69) is 31.4 Å². The number of rotatable bonds is 4. The van der Waals surface area contributed by atoms with Crippen LogP contribution in [0, 0.1) is 0 Å². The highest BCUT2D eigenvalue weighted by atomic mass is 79.9. The maximum Gasteiger partial charge on any atom is 0.232 e. The maximum atomic E-state index is 12.3. The lowest BCUT2D eigenvalue weighted by atomic mass is 10.2. The molecule has 0 aliphatic heterocycles. The number of nitrogens with one attached hydrogen (secondary N) is 1. The SMILES string of the molecule is O=C(Cc1noc2ccccc12)Nc1nc(-c2cccc(Br)c2)cs1. The van der Waals surface area contributed by atoms with E-state index >= 15 is 0 Å². The molecule has 0 aliphatic rings. The molecule has 2 heterocycles. The van der Waals surface area contributed by atoms with Gasteiger partial charge < -0.3 is 9.84 Å². The van der Waals surface area contributed by atoms with Gasteiger partial charge in [0.1, 0.15) is 5.69 Å². The third kappa shape index (κ3) is 3.47. The van der Waals surface area contributed by atoms with Crippen LogP contribution in [0.2, 0.25) is 0 Å². The number of fused-ring (bicyclic) bond motifs is 1. The lowest BCUT2D eigenvalue weighted by molar-refractivity contribution is -0.115. The number of aromatic nitrogens is 2. The number of amides is 1. The minimum Gasteiger partial charge on any atom is -0.356 e. The number of hydrogen-bond acceptors (Lipinski definition) is 5. The average molecular weight is 414 g/mol. The van der Waals surface area contributed by atoms with E-state index in [0.717, 1.165) is 21.1 Å². The van der Waals surface area contributed by atoms with E-state index in [1.807, 2.05) is 53.9 Å². The van der Waals surface area contributed by atoms with Crippen LogP contribution < -0.4 is 5.32 Å². The zero-order valence-electron chi connectivity index (χ0n) is 12.9. The van der Waals surface area contributed by atoms with Crippen molar-refractivity contribution in [3.8, 4) is 11.3 Å². The Labute approximate surface area is 155 Å². The molecule has 0 aliphatic carbocycles. The summed E-state index contributed by atoms with van der Waals surface area (Å²) < 4.78 is 6.21. The van der Waals surface area contributed by atoms with Gasteiger partial charge in [0.05, 0.1) is 12.1 Å². The predicted molar refractivity (Wildman–Crippen MR) is 102 cm³/mol. The Morgan fingerprint density at radius 3 is 2.96 bits per heavy atom. The highest BCUT2D eigenvalue weighted by Crippen LogP contribution is 2.27. The van der Waals surface area contributed by atoms with Crippen molar-refractivity contribution in [1.29, 1.82) is 0 Å². The van der Waals surface area contributed by atoms with Crippen LogP contribution in [0.1, 0.15) is 5.69 Å². The number of nitrogens with zero attached hydrogens (tertiary/aromatic N) is 2. The monoisotopic (exact) mass is 413 g/mol. The van der Waals surface area contributed by atoms with Crippen molar-refractivity contribution >= 4 is 49.3 Å². The summed E-state index contributed by atoms with van der Waals surface area (Å²) in [6, 6.07) is 15.4. The first kappa shape index (κ1) is 16.0. The molecule has 4 rings (SSSR count). The lowest BCUT2D eigenvalue weighted by Crippen LogP contribution is -2.14. The molecule has 2 aromatic heterocycles. The van der Waals surface area contributed by atoms with Crippen molar-refractivity contribution in [2.75, 3.05) is 5.32 Å². The largest absolute Gasteiger partial charge is 0.356 e. The molecule has 5 nitrogen and oxygen atoms in total. The van der Waals surface area contributed by atoms with Crippen LogP contribution in [-0.2, 0) is 11.2 Å². The summed E-state index contributed by atoms with van der Waals surface area (Å²) in [5.41, 5.74) is 3.12. The van der Waals surface area contributed by atoms with Gasteiger partial charge in [-0.15, -0.1) is 11.3 Å². The minimum absolute atomic E-state index is 0.142. The number of thiazole rings is 1. The first-order valence-electron chi connectivity index (χ1n) is 7.53. The minimum atomic E-state index is -0.172. The first-order chi connectivity index (χ1) is 12.2. The van der Waals surface area contributed by atoms with Crippen molar-refractivity contribution in [2.45, 2.75) is 6.42 Å². The molecule has 1 N–H and O–H groups in total. The molecule has 2 aromatic carbocycles. The number of carbonyl (C=O) groups excluding carboxylic acids is 1. The first-order valence-corrected chi connectivity index (χ1v) is 9.21. The zero-order chi connectivity index (χ0) is 17.2. The van der Waals surface area contributed by atoms with Gasteiger partial charge in [-0.25, -0.2) is 4.98 Å². The normalized spacial score (nSPS) is 10.9.